The molecule has 1 saturated heterocycles. The summed E-state index contributed by atoms with van der Waals surface area (Å²) < 4.78 is 10.7. The van der Waals surface area contributed by atoms with Crippen LogP contribution >= 0.6 is 0 Å². The van der Waals surface area contributed by atoms with Gasteiger partial charge in [0.2, 0.25) is 5.91 Å². The normalized spacial score (nSPS) is 17.3. The van der Waals surface area contributed by atoms with Crippen LogP contribution in [0.2, 0.25) is 0 Å². The van der Waals surface area contributed by atoms with Gasteiger partial charge in [-0.15, -0.1) is 0 Å². The highest BCUT2D eigenvalue weighted by Crippen LogP contribution is 2.35. The zero-order chi connectivity index (χ0) is 17.1. The van der Waals surface area contributed by atoms with Crippen LogP contribution in [0.1, 0.15) is 48.4 Å². The van der Waals surface area contributed by atoms with Gasteiger partial charge in [-0.25, -0.2) is 0 Å². The molecule has 3 rings (SSSR count). The van der Waals surface area contributed by atoms with Crippen LogP contribution < -0.4 is 4.74 Å². The van der Waals surface area contributed by atoms with Crippen molar-refractivity contribution < 1.29 is 14.1 Å². The van der Waals surface area contributed by atoms with Crippen LogP contribution in [-0.2, 0) is 11.2 Å². The SMILES string of the molecule is CCOc1ccc(CC(=O)N2CCCC2c2c(C)noc2C)cc1. The van der Waals surface area contributed by atoms with Gasteiger partial charge in [0.25, 0.3) is 0 Å². The second kappa shape index (κ2) is 7.07. The predicted octanol–water partition coefficient (Wildman–Crippen LogP) is 3.60. The molecule has 0 saturated carbocycles. The summed E-state index contributed by atoms with van der Waals surface area (Å²) in [4.78, 5) is 14.8. The molecule has 1 aliphatic heterocycles. The maximum atomic E-state index is 12.8. The molecule has 2 heterocycles. The molecule has 0 spiro atoms. The Hall–Kier alpha value is -2.30. The first-order chi connectivity index (χ1) is 11.6. The average molecular weight is 328 g/mol. The van der Waals surface area contributed by atoms with Crippen molar-refractivity contribution in [3.63, 3.8) is 0 Å². The van der Waals surface area contributed by atoms with Crippen molar-refractivity contribution in [2.75, 3.05) is 13.2 Å². The smallest absolute Gasteiger partial charge is 0.227 e. The maximum absolute atomic E-state index is 12.8. The van der Waals surface area contributed by atoms with Crippen LogP contribution in [0, 0.1) is 13.8 Å². The van der Waals surface area contributed by atoms with Gasteiger partial charge < -0.3 is 14.2 Å². The number of nitrogens with zero attached hydrogens (tertiary/aromatic N) is 2. The molecule has 128 valence electrons. The van der Waals surface area contributed by atoms with Crippen LogP contribution in [0.15, 0.2) is 28.8 Å². The number of carbonyl (C=O) groups is 1. The van der Waals surface area contributed by atoms with Gasteiger partial charge in [-0.2, -0.15) is 0 Å². The summed E-state index contributed by atoms with van der Waals surface area (Å²) in [5, 5.41) is 4.04. The Bertz CT molecular complexity index is 686. The predicted molar refractivity (Wildman–Crippen MR) is 91.0 cm³/mol. The van der Waals surface area contributed by atoms with Crippen molar-refractivity contribution in [3.05, 3.63) is 46.8 Å². The Morgan fingerprint density at radius 1 is 1.33 bits per heavy atom. The van der Waals surface area contributed by atoms with Crippen molar-refractivity contribution >= 4 is 5.91 Å². The zero-order valence-corrected chi connectivity index (χ0v) is 14.5. The molecule has 1 fully saturated rings. The minimum Gasteiger partial charge on any atom is -0.494 e. The average Bonchev–Trinajstić information content (AvgIpc) is 3.16. The molecule has 0 aliphatic carbocycles. The quantitative estimate of drug-likeness (QED) is 0.841. The van der Waals surface area contributed by atoms with Crippen molar-refractivity contribution in [3.8, 4) is 5.75 Å². The number of likely N-dealkylation sites (tertiary alicyclic amines) is 1. The van der Waals surface area contributed by atoms with Crippen molar-refractivity contribution in [1.82, 2.24) is 10.1 Å². The van der Waals surface area contributed by atoms with Crippen LogP contribution in [-0.4, -0.2) is 29.1 Å². The first-order valence-electron chi connectivity index (χ1n) is 8.54. The molecule has 0 bridgehead atoms. The summed E-state index contributed by atoms with van der Waals surface area (Å²) in [5.41, 5.74) is 2.97. The monoisotopic (exact) mass is 328 g/mol. The topological polar surface area (TPSA) is 55.6 Å². The van der Waals surface area contributed by atoms with Crippen molar-refractivity contribution in [2.24, 2.45) is 0 Å². The third-order valence-corrected chi connectivity index (χ3v) is 4.58. The van der Waals surface area contributed by atoms with Gasteiger partial charge >= 0.3 is 0 Å². The van der Waals surface area contributed by atoms with E-state index in [1.54, 1.807) is 0 Å². The highest BCUT2D eigenvalue weighted by atomic mass is 16.5. The molecule has 0 radical (unpaired) electrons. The number of hydrogen-bond acceptors (Lipinski definition) is 4. The lowest BCUT2D eigenvalue weighted by molar-refractivity contribution is -0.131. The van der Waals surface area contributed by atoms with Gasteiger partial charge in [-0.05, 0) is 51.3 Å². The molecule has 5 heteroatoms. The lowest BCUT2D eigenvalue weighted by Gasteiger charge is -2.25. The molecule has 24 heavy (non-hydrogen) atoms. The number of hydrogen-bond donors (Lipinski definition) is 0. The second-order valence-corrected chi connectivity index (χ2v) is 6.24. The number of aryl methyl sites for hydroxylation is 2. The molecule has 1 aromatic carbocycles. The number of carbonyl (C=O) groups excluding carboxylic acids is 1. The van der Waals surface area contributed by atoms with E-state index >= 15 is 0 Å². The third-order valence-electron chi connectivity index (χ3n) is 4.58. The van der Waals surface area contributed by atoms with E-state index in [1.165, 1.54) is 0 Å². The Balaban J connectivity index is 1.72. The van der Waals surface area contributed by atoms with Crippen LogP contribution in [0.5, 0.6) is 5.75 Å². The second-order valence-electron chi connectivity index (χ2n) is 6.24. The lowest BCUT2D eigenvalue weighted by atomic mass is 10.0. The fourth-order valence-electron chi connectivity index (χ4n) is 3.48. The number of aromatic nitrogens is 1. The molecule has 0 N–H and O–H groups in total. The molecule has 1 amide bonds. The van der Waals surface area contributed by atoms with E-state index in [4.69, 9.17) is 9.26 Å². The zero-order valence-electron chi connectivity index (χ0n) is 14.5. The van der Waals surface area contributed by atoms with Crippen LogP contribution in [0.3, 0.4) is 0 Å². The first-order valence-corrected chi connectivity index (χ1v) is 8.54. The molecule has 1 aliphatic rings. The van der Waals surface area contributed by atoms with E-state index in [2.05, 4.69) is 5.16 Å². The fraction of sp³-hybridized carbons (Fsp3) is 0.474. The van der Waals surface area contributed by atoms with Gasteiger partial charge in [-0.3, -0.25) is 4.79 Å². The summed E-state index contributed by atoms with van der Waals surface area (Å²) in [7, 11) is 0. The van der Waals surface area contributed by atoms with Crippen LogP contribution in [0.4, 0.5) is 0 Å². The van der Waals surface area contributed by atoms with Gasteiger partial charge in [0.05, 0.1) is 24.8 Å². The highest BCUT2D eigenvalue weighted by molar-refractivity contribution is 5.79. The van der Waals surface area contributed by atoms with Crippen LogP contribution in [0.25, 0.3) is 0 Å². The molecule has 1 atom stereocenters. The van der Waals surface area contributed by atoms with E-state index in [0.717, 1.165) is 47.7 Å². The highest BCUT2D eigenvalue weighted by Gasteiger charge is 2.33. The van der Waals surface area contributed by atoms with Gasteiger partial charge in [-0.1, -0.05) is 17.3 Å². The third kappa shape index (κ3) is 3.30. The number of benzene rings is 1. The minimum atomic E-state index is 0.0893. The van der Waals surface area contributed by atoms with E-state index in [0.29, 0.717) is 13.0 Å². The number of rotatable bonds is 5. The Morgan fingerprint density at radius 3 is 2.71 bits per heavy atom. The summed E-state index contributed by atoms with van der Waals surface area (Å²) in [6.07, 6.45) is 2.40. The molecule has 1 aromatic heterocycles. The first kappa shape index (κ1) is 16.6. The summed E-state index contributed by atoms with van der Waals surface area (Å²) in [5.74, 6) is 1.81. The van der Waals surface area contributed by atoms with Gasteiger partial charge in [0, 0.05) is 12.1 Å². The van der Waals surface area contributed by atoms with Gasteiger partial charge in [0.1, 0.15) is 11.5 Å². The Labute approximate surface area is 142 Å². The summed E-state index contributed by atoms with van der Waals surface area (Å²) in [6, 6.07) is 7.85. The molecule has 1 unspecified atom stereocenters. The standard InChI is InChI=1S/C19H24N2O3/c1-4-23-16-9-7-15(8-10-16)12-18(22)21-11-5-6-17(21)19-13(2)20-24-14(19)3/h7-10,17H,4-6,11-12H2,1-3H3. The molecule has 5 nitrogen and oxygen atoms in total. The number of amides is 1. The molecular formula is C19H24N2O3. The fourth-order valence-corrected chi connectivity index (χ4v) is 3.48. The Kier molecular flexibility index (Phi) is 4.88. The van der Waals surface area contributed by atoms with Crippen molar-refractivity contribution in [1.29, 1.82) is 0 Å². The molecule has 2 aromatic rings. The summed E-state index contributed by atoms with van der Waals surface area (Å²) in [6.45, 7) is 7.26. The van der Waals surface area contributed by atoms with Gasteiger partial charge in [0.15, 0.2) is 0 Å². The number of ether oxygens (including phenoxy) is 1. The lowest BCUT2D eigenvalue weighted by Crippen LogP contribution is -2.32. The molecular weight excluding hydrogens is 304 g/mol. The maximum Gasteiger partial charge on any atom is 0.227 e. The minimum absolute atomic E-state index is 0.0893. The largest absolute Gasteiger partial charge is 0.494 e. The van der Waals surface area contributed by atoms with E-state index in [-0.39, 0.29) is 11.9 Å². The van der Waals surface area contributed by atoms with E-state index < -0.39 is 0 Å². The van der Waals surface area contributed by atoms with E-state index in [1.807, 2.05) is 49.9 Å². The van der Waals surface area contributed by atoms with Crippen molar-refractivity contribution in [2.45, 2.75) is 46.1 Å². The van der Waals surface area contributed by atoms with E-state index in [9.17, 15) is 4.79 Å². The Morgan fingerprint density at radius 2 is 2.08 bits per heavy atom. The summed E-state index contributed by atoms with van der Waals surface area (Å²) >= 11 is 0.